The first-order chi connectivity index (χ1) is 20.2. The normalized spacial score (nSPS) is 29.7. The van der Waals surface area contributed by atoms with E-state index >= 15 is 0 Å². The summed E-state index contributed by atoms with van der Waals surface area (Å²) < 4.78 is 0. The maximum atomic E-state index is 13.5. The highest BCUT2D eigenvalue weighted by Gasteiger charge is 2.61. The van der Waals surface area contributed by atoms with Gasteiger partial charge >= 0.3 is 0 Å². The van der Waals surface area contributed by atoms with Gasteiger partial charge < -0.3 is 36.4 Å². The molecule has 6 rings (SSSR count). The van der Waals surface area contributed by atoms with Gasteiger partial charge in [0.15, 0.2) is 11.4 Å². The number of anilines is 1. The topological polar surface area (TPSA) is 177 Å². The predicted octanol–water partition coefficient (Wildman–Crippen LogP) is 2.00. The molecular formula is C32H42N4O7. The van der Waals surface area contributed by atoms with Gasteiger partial charge in [-0.25, -0.2) is 0 Å². The number of primary amides is 1. The van der Waals surface area contributed by atoms with E-state index in [1.807, 2.05) is 19.0 Å². The van der Waals surface area contributed by atoms with E-state index in [9.17, 15) is 34.8 Å². The average molecular weight is 595 g/mol. The zero-order valence-electron chi connectivity index (χ0n) is 25.2. The van der Waals surface area contributed by atoms with Gasteiger partial charge in [-0.1, -0.05) is 0 Å². The molecule has 11 nitrogen and oxygen atoms in total. The summed E-state index contributed by atoms with van der Waals surface area (Å²) in [4.78, 5) is 42.5. The Morgan fingerprint density at radius 1 is 1.00 bits per heavy atom. The minimum Gasteiger partial charge on any atom is -0.509 e. The first-order valence-corrected chi connectivity index (χ1v) is 15.1. The number of nitrogens with two attached hydrogens (primary N) is 1. The second-order valence-electron chi connectivity index (χ2n) is 13.8. The maximum Gasteiger partial charge on any atom is 0.255 e. The molecule has 1 spiro atoms. The van der Waals surface area contributed by atoms with Gasteiger partial charge in [0.2, 0.25) is 0 Å². The van der Waals surface area contributed by atoms with Crippen LogP contribution in [0, 0.1) is 17.3 Å². The van der Waals surface area contributed by atoms with Gasteiger partial charge in [-0.15, -0.1) is 0 Å². The van der Waals surface area contributed by atoms with Crippen LogP contribution in [-0.4, -0.2) is 88.8 Å². The van der Waals surface area contributed by atoms with E-state index in [1.54, 1.807) is 25.1 Å². The lowest BCUT2D eigenvalue weighted by Gasteiger charge is -2.51. The summed E-state index contributed by atoms with van der Waals surface area (Å²) in [5, 5.41) is 49.3. The maximum absolute atomic E-state index is 13.5. The van der Waals surface area contributed by atoms with E-state index in [0.29, 0.717) is 23.0 Å². The molecule has 1 aromatic carbocycles. The Hall–Kier alpha value is -3.57. The van der Waals surface area contributed by atoms with E-state index in [2.05, 4.69) is 5.32 Å². The third-order valence-electron chi connectivity index (χ3n) is 10.9. The molecule has 4 atom stereocenters. The van der Waals surface area contributed by atoms with Crippen LogP contribution in [0.1, 0.15) is 66.4 Å². The number of nitrogens with one attached hydrogen (secondary N) is 1. The van der Waals surface area contributed by atoms with Crippen LogP contribution in [-0.2, 0) is 22.4 Å². The first kappa shape index (κ1) is 29.5. The van der Waals surface area contributed by atoms with E-state index in [1.165, 1.54) is 12.8 Å². The number of Topliss-reactive ketones (excluding diaryl/α,β-unsaturated/α-hetero) is 1. The Kier molecular flexibility index (Phi) is 6.85. The van der Waals surface area contributed by atoms with Crippen LogP contribution < -0.4 is 16.0 Å². The van der Waals surface area contributed by atoms with Crippen LogP contribution in [0.25, 0.3) is 0 Å². The first-order valence-electron chi connectivity index (χ1n) is 15.1. The second-order valence-corrected chi connectivity index (χ2v) is 13.8. The van der Waals surface area contributed by atoms with Crippen LogP contribution in [0.3, 0.4) is 0 Å². The Morgan fingerprint density at radius 2 is 1.65 bits per heavy atom. The van der Waals surface area contributed by atoms with Crippen molar-refractivity contribution in [1.29, 1.82) is 0 Å². The molecule has 5 aliphatic carbocycles. The summed E-state index contributed by atoms with van der Waals surface area (Å²) in [5.41, 5.74) is 5.37. The largest absolute Gasteiger partial charge is 0.509 e. The van der Waals surface area contributed by atoms with Crippen LogP contribution >= 0.6 is 0 Å². The van der Waals surface area contributed by atoms with Crippen molar-refractivity contribution in [3.05, 3.63) is 45.4 Å². The van der Waals surface area contributed by atoms with Gasteiger partial charge in [0, 0.05) is 43.7 Å². The molecular weight excluding hydrogens is 552 g/mol. The fourth-order valence-corrected chi connectivity index (χ4v) is 8.28. The van der Waals surface area contributed by atoms with Crippen LogP contribution in [0.4, 0.5) is 5.69 Å². The smallest absolute Gasteiger partial charge is 0.255 e. The van der Waals surface area contributed by atoms with Crippen molar-refractivity contribution in [1.82, 2.24) is 10.2 Å². The molecule has 43 heavy (non-hydrogen) atoms. The number of fused-ring (bicyclic) bond motifs is 3. The minimum absolute atomic E-state index is 0.0143. The van der Waals surface area contributed by atoms with Crippen molar-refractivity contribution >= 4 is 23.3 Å². The number of aliphatic hydroxyl groups is 3. The highest BCUT2D eigenvalue weighted by molar-refractivity contribution is 6.22. The molecule has 0 aromatic heterocycles. The Bertz CT molecular complexity index is 1480. The van der Waals surface area contributed by atoms with Crippen molar-refractivity contribution in [2.75, 3.05) is 33.1 Å². The molecule has 0 heterocycles. The summed E-state index contributed by atoms with van der Waals surface area (Å²) in [5.74, 6) is -5.21. The molecule has 0 unspecified atom stereocenters. The Balaban J connectivity index is 1.40. The molecule has 232 valence electrons. The van der Waals surface area contributed by atoms with Crippen molar-refractivity contribution in [2.24, 2.45) is 23.0 Å². The summed E-state index contributed by atoms with van der Waals surface area (Å²) >= 11 is 0. The predicted molar refractivity (Wildman–Crippen MR) is 159 cm³/mol. The van der Waals surface area contributed by atoms with Crippen molar-refractivity contribution in [3.63, 3.8) is 0 Å². The number of ketones is 1. The molecule has 5 aliphatic rings. The molecule has 2 amide bonds. The van der Waals surface area contributed by atoms with Crippen LogP contribution in [0.2, 0.25) is 0 Å². The third kappa shape index (κ3) is 4.42. The van der Waals surface area contributed by atoms with Crippen molar-refractivity contribution < 1.29 is 34.8 Å². The molecule has 1 aromatic rings. The number of aromatic hydroxyl groups is 1. The number of nitrogens with zero attached hydrogens (tertiary/aromatic N) is 2. The summed E-state index contributed by atoms with van der Waals surface area (Å²) in [6, 6.07) is 0.740. The zero-order valence-corrected chi connectivity index (χ0v) is 25.2. The number of hydrogen-bond donors (Lipinski definition) is 6. The monoisotopic (exact) mass is 594 g/mol. The average Bonchev–Trinajstić information content (AvgIpc) is 3.70. The van der Waals surface area contributed by atoms with E-state index < -0.39 is 46.3 Å². The molecule has 11 heteroatoms. The fourth-order valence-electron chi connectivity index (χ4n) is 8.28. The summed E-state index contributed by atoms with van der Waals surface area (Å²) in [7, 11) is 6.98. The van der Waals surface area contributed by atoms with Crippen molar-refractivity contribution in [3.8, 4) is 5.75 Å². The van der Waals surface area contributed by atoms with Gasteiger partial charge in [-0.2, -0.15) is 0 Å². The Morgan fingerprint density at radius 3 is 2.21 bits per heavy atom. The number of rotatable bonds is 5. The van der Waals surface area contributed by atoms with Crippen LogP contribution in [0.5, 0.6) is 5.75 Å². The van der Waals surface area contributed by atoms with Gasteiger partial charge in [-0.3, -0.25) is 19.3 Å². The number of allylic oxidation sites excluding steroid dienone is 1. The number of likely N-dealkylation sites (N-methyl/N-ethyl adjacent to an activating group) is 1. The molecule has 2 saturated carbocycles. The number of carbonyl (C=O) groups is 3. The Labute approximate surface area is 251 Å². The number of phenols is 1. The molecule has 0 aliphatic heterocycles. The lowest BCUT2D eigenvalue weighted by atomic mass is 9.59. The van der Waals surface area contributed by atoms with E-state index in [0.717, 1.165) is 36.9 Å². The number of hydrogen-bond acceptors (Lipinski definition) is 9. The molecule has 0 saturated heterocycles. The SMILES string of the molecule is CN(C)c1cc(C(=O)NC2CCC3(CC2)CC3)c(O)c2c1C[C@H]1C[C@H]3[C@H](N(C)C)C(=O)C(C(N)=O)=C(O)[C@@]3(O)C(O)=C1C2. The standard InChI is InChI=1S/C32H42N4O7/c1-35(2)22-14-20(30(42)34-16-5-7-31(8-6-16)9-10-31)25(37)19-13-17-15(11-18(19)22)12-21-24(36(3)4)26(38)23(29(33)41)28(40)32(21,43)27(17)39/h14-16,21,24,37,39-40,43H,5-13H2,1-4H3,(H2,33,41)(H,34,42)/t15-,21-,24-,32-/m0/s1. The third-order valence-corrected chi connectivity index (χ3v) is 10.9. The minimum atomic E-state index is -2.41. The van der Waals surface area contributed by atoms with E-state index in [-0.39, 0.29) is 42.0 Å². The molecule has 2 fully saturated rings. The fraction of sp³-hybridized carbons (Fsp3) is 0.594. The quantitative estimate of drug-likeness (QED) is 0.278. The van der Waals surface area contributed by atoms with Gasteiger partial charge in [0.05, 0.1) is 11.6 Å². The zero-order chi connectivity index (χ0) is 31.2. The number of aliphatic hydroxyl groups excluding tert-OH is 2. The highest BCUT2D eigenvalue weighted by atomic mass is 16.4. The second kappa shape index (κ2) is 9.99. The summed E-state index contributed by atoms with van der Waals surface area (Å²) in [6.07, 6.45) is 7.20. The number of amides is 2. The van der Waals surface area contributed by atoms with Gasteiger partial charge in [0.25, 0.3) is 11.8 Å². The highest BCUT2D eigenvalue weighted by Crippen LogP contribution is 2.56. The van der Waals surface area contributed by atoms with E-state index in [4.69, 9.17) is 5.73 Å². The summed E-state index contributed by atoms with van der Waals surface area (Å²) in [6.45, 7) is 0. The van der Waals surface area contributed by atoms with Crippen molar-refractivity contribution in [2.45, 2.75) is 75.5 Å². The number of phenolic OH excluding ortho intramolecular Hbond substituents is 1. The number of benzene rings is 1. The molecule has 7 N–H and O–H groups in total. The molecule has 0 bridgehead atoms. The van der Waals surface area contributed by atoms with Crippen LogP contribution in [0.15, 0.2) is 28.7 Å². The van der Waals surface area contributed by atoms with Gasteiger partial charge in [0.1, 0.15) is 22.8 Å². The lowest BCUT2D eigenvalue weighted by Crippen LogP contribution is -2.62. The van der Waals surface area contributed by atoms with Gasteiger partial charge in [-0.05, 0) is 94.0 Å². The molecule has 0 radical (unpaired) electrons. The number of carbonyl (C=O) groups excluding carboxylic acids is 3. The lowest BCUT2D eigenvalue weighted by molar-refractivity contribution is -0.136.